The molecule has 1 fully saturated rings. The molecular weight excluding hydrogens is 446 g/mol. The van der Waals surface area contributed by atoms with E-state index in [2.05, 4.69) is 4.98 Å². The van der Waals surface area contributed by atoms with Gasteiger partial charge in [0, 0.05) is 25.0 Å². The third-order valence-electron chi connectivity index (χ3n) is 6.52. The maximum absolute atomic E-state index is 13.7. The van der Waals surface area contributed by atoms with Crippen molar-refractivity contribution in [2.45, 2.75) is 38.5 Å². The largest absolute Gasteiger partial charge is 0.872 e. The fraction of sp³-hybridized carbons (Fsp3) is 0.296. The molecule has 1 amide bonds. The standard InChI is InChI=1S/C27H27N3O5/c1-17-13-20-14-19(7-8-22(20)35-17)25(31)23-24(18-5-3-6-21(15-18)34-2)30(27(33)26(23)32)11-4-10-29-12-9-28-16-29/h3,5-9,12,14-17,24H,4,10-11,13H2,1-2H3,(H,31,32). The second-order valence-electron chi connectivity index (χ2n) is 8.91. The van der Waals surface area contributed by atoms with Crippen molar-refractivity contribution in [2.24, 2.45) is 0 Å². The molecule has 180 valence electrons. The summed E-state index contributed by atoms with van der Waals surface area (Å²) in [6.07, 6.45) is 6.90. The SMILES string of the molecule is COc1cccc(C2C(=C([O-])c3ccc4c(c3)CC(C)O4)C(=O)C(=O)N2CCC[n+]2cc[nH]c2)c1. The summed E-state index contributed by atoms with van der Waals surface area (Å²) in [4.78, 5) is 30.9. The fourth-order valence-electron chi connectivity index (χ4n) is 4.86. The highest BCUT2D eigenvalue weighted by Gasteiger charge is 2.44. The monoisotopic (exact) mass is 473 g/mol. The summed E-state index contributed by atoms with van der Waals surface area (Å²) in [5, 5.41) is 13.7. The van der Waals surface area contributed by atoms with Crippen molar-refractivity contribution in [1.29, 1.82) is 0 Å². The van der Waals surface area contributed by atoms with Crippen LogP contribution in [-0.4, -0.2) is 41.3 Å². The average Bonchev–Trinajstić information content (AvgIpc) is 3.57. The number of nitrogens with zero attached hydrogens (tertiary/aromatic N) is 2. The van der Waals surface area contributed by atoms with Crippen molar-refractivity contribution in [3.05, 3.63) is 83.4 Å². The van der Waals surface area contributed by atoms with Crippen molar-refractivity contribution in [2.75, 3.05) is 13.7 Å². The lowest BCUT2D eigenvalue weighted by Crippen LogP contribution is -2.36. The zero-order valence-electron chi connectivity index (χ0n) is 19.7. The lowest BCUT2D eigenvalue weighted by molar-refractivity contribution is -0.695. The molecule has 35 heavy (non-hydrogen) atoms. The third-order valence-corrected chi connectivity index (χ3v) is 6.52. The van der Waals surface area contributed by atoms with Gasteiger partial charge in [-0.3, -0.25) is 14.6 Å². The number of imidazole rings is 1. The molecule has 0 saturated carbocycles. The van der Waals surface area contributed by atoms with E-state index in [0.29, 0.717) is 42.8 Å². The summed E-state index contributed by atoms with van der Waals surface area (Å²) in [5.41, 5.74) is 1.96. The van der Waals surface area contributed by atoms with Crippen molar-refractivity contribution in [1.82, 2.24) is 9.88 Å². The molecule has 8 heteroatoms. The number of aromatic amines is 1. The van der Waals surface area contributed by atoms with Crippen LogP contribution in [0.2, 0.25) is 0 Å². The molecule has 1 saturated heterocycles. The Balaban J connectivity index is 1.54. The molecule has 0 bridgehead atoms. The van der Waals surface area contributed by atoms with Crippen LogP contribution < -0.4 is 19.1 Å². The van der Waals surface area contributed by atoms with Gasteiger partial charge >= 0.3 is 0 Å². The van der Waals surface area contributed by atoms with Crippen LogP contribution in [-0.2, 0) is 22.6 Å². The fourth-order valence-corrected chi connectivity index (χ4v) is 4.86. The number of hydrogen-bond acceptors (Lipinski definition) is 5. The Labute approximate surface area is 203 Å². The van der Waals surface area contributed by atoms with Gasteiger partial charge in [0.15, 0.2) is 0 Å². The number of Topliss-reactive ketones (excluding diaryl/α,β-unsaturated/α-hetero) is 1. The van der Waals surface area contributed by atoms with E-state index in [0.717, 1.165) is 11.3 Å². The number of hydrogen-bond donors (Lipinski definition) is 1. The van der Waals surface area contributed by atoms with E-state index >= 15 is 0 Å². The van der Waals surface area contributed by atoms with Crippen LogP contribution in [0.15, 0.2) is 66.8 Å². The predicted molar refractivity (Wildman–Crippen MR) is 125 cm³/mol. The van der Waals surface area contributed by atoms with Crippen LogP contribution in [0.3, 0.4) is 0 Å². The molecule has 0 spiro atoms. The lowest BCUT2D eigenvalue weighted by atomic mass is 9.94. The molecule has 3 aromatic rings. The Kier molecular flexibility index (Phi) is 6.03. The number of nitrogens with one attached hydrogen (secondary N) is 1. The molecule has 2 atom stereocenters. The third kappa shape index (κ3) is 4.27. The average molecular weight is 474 g/mol. The molecule has 0 aliphatic carbocycles. The van der Waals surface area contributed by atoms with Gasteiger partial charge in [0.25, 0.3) is 5.91 Å². The highest BCUT2D eigenvalue weighted by Crippen LogP contribution is 2.40. The lowest BCUT2D eigenvalue weighted by Gasteiger charge is -2.27. The Morgan fingerprint density at radius 2 is 2.11 bits per heavy atom. The summed E-state index contributed by atoms with van der Waals surface area (Å²) in [5.74, 6) is -0.490. The first-order chi connectivity index (χ1) is 17.0. The summed E-state index contributed by atoms with van der Waals surface area (Å²) < 4.78 is 13.1. The maximum atomic E-state index is 13.7. The Bertz CT molecular complexity index is 1300. The van der Waals surface area contributed by atoms with Crippen LogP contribution in [0.25, 0.3) is 5.76 Å². The Hall–Kier alpha value is -4.07. The van der Waals surface area contributed by atoms with E-state index < -0.39 is 23.5 Å². The molecule has 8 nitrogen and oxygen atoms in total. The molecule has 0 radical (unpaired) electrons. The maximum Gasteiger partial charge on any atom is 0.295 e. The van der Waals surface area contributed by atoms with E-state index in [-0.39, 0.29) is 11.7 Å². The molecule has 2 unspecified atom stereocenters. The van der Waals surface area contributed by atoms with E-state index in [4.69, 9.17) is 9.47 Å². The predicted octanol–water partition coefficient (Wildman–Crippen LogP) is 1.95. The van der Waals surface area contributed by atoms with Gasteiger partial charge in [-0.25, -0.2) is 4.57 Å². The number of aryl methyl sites for hydroxylation is 1. The highest BCUT2D eigenvalue weighted by molar-refractivity contribution is 6.46. The molecule has 1 aromatic heterocycles. The Morgan fingerprint density at radius 1 is 1.26 bits per heavy atom. The molecule has 1 N–H and O–H groups in total. The molecular formula is C27H27N3O5. The summed E-state index contributed by atoms with van der Waals surface area (Å²) >= 11 is 0. The number of carbonyl (C=O) groups excluding carboxylic acids is 2. The zero-order valence-corrected chi connectivity index (χ0v) is 19.7. The van der Waals surface area contributed by atoms with Crippen molar-refractivity contribution >= 4 is 17.4 Å². The van der Waals surface area contributed by atoms with Gasteiger partial charge in [-0.2, -0.15) is 0 Å². The topological polar surface area (TPSA) is 98.6 Å². The smallest absolute Gasteiger partial charge is 0.295 e. The molecule has 2 aliphatic rings. The van der Waals surface area contributed by atoms with Crippen LogP contribution in [0, 0.1) is 0 Å². The van der Waals surface area contributed by atoms with E-state index in [1.54, 1.807) is 43.5 Å². The van der Waals surface area contributed by atoms with Crippen LogP contribution in [0.1, 0.15) is 36.1 Å². The summed E-state index contributed by atoms with van der Waals surface area (Å²) in [7, 11) is 1.55. The number of benzene rings is 2. The van der Waals surface area contributed by atoms with Gasteiger partial charge in [-0.15, -0.1) is 0 Å². The molecule has 2 aliphatic heterocycles. The number of likely N-dealkylation sites (tertiary alicyclic amines) is 1. The number of fused-ring (bicyclic) bond motifs is 1. The number of aromatic nitrogens is 2. The van der Waals surface area contributed by atoms with Crippen LogP contribution in [0.4, 0.5) is 0 Å². The first kappa shape index (κ1) is 22.7. The van der Waals surface area contributed by atoms with Gasteiger partial charge in [0.05, 0.1) is 19.7 Å². The van der Waals surface area contributed by atoms with Gasteiger partial charge < -0.3 is 19.5 Å². The van der Waals surface area contributed by atoms with Gasteiger partial charge in [-0.05, 0) is 47.9 Å². The van der Waals surface area contributed by atoms with Crippen molar-refractivity contribution < 1.29 is 28.7 Å². The minimum atomic E-state index is -0.780. The number of ketones is 1. The molecule has 3 heterocycles. The van der Waals surface area contributed by atoms with Gasteiger partial charge in [-0.1, -0.05) is 24.0 Å². The van der Waals surface area contributed by atoms with E-state index in [1.807, 2.05) is 36.3 Å². The summed E-state index contributed by atoms with van der Waals surface area (Å²) in [6.45, 7) is 2.97. The van der Waals surface area contributed by atoms with Gasteiger partial charge in [0.1, 0.15) is 30.0 Å². The van der Waals surface area contributed by atoms with Crippen molar-refractivity contribution in [3.8, 4) is 11.5 Å². The number of methoxy groups -OCH3 is 1. The summed E-state index contributed by atoms with van der Waals surface area (Å²) in [6, 6.07) is 11.6. The number of ether oxygens (including phenoxy) is 2. The number of rotatable bonds is 7. The normalized spacial score (nSPS) is 20.7. The first-order valence-electron chi connectivity index (χ1n) is 11.7. The van der Waals surface area contributed by atoms with Crippen LogP contribution in [0.5, 0.6) is 11.5 Å². The minimum absolute atomic E-state index is 0.0236. The number of amides is 1. The van der Waals surface area contributed by atoms with E-state index in [1.165, 1.54) is 4.90 Å². The quantitative estimate of drug-likeness (QED) is 0.245. The van der Waals surface area contributed by atoms with Crippen molar-refractivity contribution in [3.63, 3.8) is 0 Å². The second-order valence-corrected chi connectivity index (χ2v) is 8.91. The highest BCUT2D eigenvalue weighted by atomic mass is 16.5. The Morgan fingerprint density at radius 3 is 2.89 bits per heavy atom. The minimum Gasteiger partial charge on any atom is -0.872 e. The molecule has 5 rings (SSSR count). The number of H-pyrrole nitrogens is 1. The van der Waals surface area contributed by atoms with Gasteiger partial charge in [0.2, 0.25) is 12.1 Å². The molecule has 2 aromatic carbocycles. The van der Waals surface area contributed by atoms with Crippen LogP contribution >= 0.6 is 0 Å². The zero-order chi connectivity index (χ0) is 24.5. The number of carbonyl (C=O) groups is 2. The first-order valence-corrected chi connectivity index (χ1v) is 11.7. The van der Waals surface area contributed by atoms with E-state index in [9.17, 15) is 14.7 Å². The second kappa shape index (κ2) is 9.29.